The Morgan fingerprint density at radius 1 is 1.10 bits per heavy atom. The molecule has 2 aliphatic heterocycles. The van der Waals surface area contributed by atoms with Gasteiger partial charge in [0.1, 0.15) is 17.5 Å². The van der Waals surface area contributed by atoms with Crippen LogP contribution in [0, 0.1) is 17.6 Å². The minimum Gasteiger partial charge on any atom is -0.342 e. The van der Waals surface area contributed by atoms with E-state index in [-0.39, 0.29) is 23.2 Å². The number of H-pyrrole nitrogens is 1. The molecule has 0 saturated carbocycles. The van der Waals surface area contributed by atoms with Gasteiger partial charge in [0.25, 0.3) is 5.91 Å². The van der Waals surface area contributed by atoms with Gasteiger partial charge in [0.05, 0.1) is 16.6 Å². The molecule has 0 radical (unpaired) electrons. The first-order chi connectivity index (χ1) is 15.1. The summed E-state index contributed by atoms with van der Waals surface area (Å²) in [5.41, 5.74) is 2.61. The van der Waals surface area contributed by atoms with E-state index in [2.05, 4.69) is 15.3 Å². The number of aromatic amines is 1. The highest BCUT2D eigenvalue weighted by molar-refractivity contribution is 5.94. The highest BCUT2D eigenvalue weighted by Gasteiger charge is 2.28. The molecule has 31 heavy (non-hydrogen) atoms. The van der Waals surface area contributed by atoms with Crippen LogP contribution in [-0.4, -0.2) is 47.0 Å². The summed E-state index contributed by atoms with van der Waals surface area (Å²) < 4.78 is 27.9. The third kappa shape index (κ3) is 4.19. The molecule has 5 rings (SSSR count). The van der Waals surface area contributed by atoms with E-state index >= 15 is 0 Å². The summed E-state index contributed by atoms with van der Waals surface area (Å²) in [7, 11) is 0. The Morgan fingerprint density at radius 2 is 1.94 bits per heavy atom. The standard InChI is InChI=1S/C24H26F2N4O/c25-18-2-4-21-22(13-18)29-23(28-21)17-6-9-30(10-7-17)24(31)19-12-15(1-3-20(19)26)11-16-5-8-27-14-16/h1-4,12-13,16-17,27H,5-11,14H2,(H,28,29). The summed E-state index contributed by atoms with van der Waals surface area (Å²) in [5.74, 6) is 0.545. The van der Waals surface area contributed by atoms with Crippen LogP contribution in [0.1, 0.15) is 46.9 Å². The monoisotopic (exact) mass is 424 g/mol. The molecule has 1 aromatic heterocycles. The van der Waals surface area contributed by atoms with Crippen LogP contribution in [0.3, 0.4) is 0 Å². The van der Waals surface area contributed by atoms with Gasteiger partial charge in [-0.05, 0) is 80.6 Å². The zero-order valence-electron chi connectivity index (χ0n) is 17.3. The number of hydrogen-bond donors (Lipinski definition) is 2. The van der Waals surface area contributed by atoms with E-state index in [1.807, 2.05) is 0 Å². The molecule has 2 aliphatic rings. The maximum absolute atomic E-state index is 14.5. The van der Waals surface area contributed by atoms with Crippen LogP contribution >= 0.6 is 0 Å². The summed E-state index contributed by atoms with van der Waals surface area (Å²) in [5, 5.41) is 3.35. The topological polar surface area (TPSA) is 61.0 Å². The van der Waals surface area contributed by atoms with Crippen LogP contribution in [0.25, 0.3) is 11.0 Å². The Balaban J connectivity index is 1.26. The van der Waals surface area contributed by atoms with Gasteiger partial charge in [0, 0.05) is 19.0 Å². The Labute approximate surface area is 179 Å². The van der Waals surface area contributed by atoms with E-state index < -0.39 is 5.82 Å². The second kappa shape index (κ2) is 8.38. The van der Waals surface area contributed by atoms with Gasteiger partial charge in [-0.3, -0.25) is 4.79 Å². The SMILES string of the molecule is O=C(c1cc(CC2CCNC2)ccc1F)N1CCC(c2nc3ccc(F)cc3[nH]2)CC1. The number of rotatable bonds is 4. The number of piperidine rings is 1. The molecule has 2 N–H and O–H groups in total. The molecule has 5 nitrogen and oxygen atoms in total. The maximum Gasteiger partial charge on any atom is 0.256 e. The van der Waals surface area contributed by atoms with Gasteiger partial charge in [-0.25, -0.2) is 13.8 Å². The molecule has 3 heterocycles. The molecule has 3 aromatic rings. The zero-order chi connectivity index (χ0) is 21.4. The predicted octanol–water partition coefficient (Wildman–Crippen LogP) is 4.01. The number of fused-ring (bicyclic) bond motifs is 1. The van der Waals surface area contributed by atoms with Crippen LogP contribution in [0.15, 0.2) is 36.4 Å². The average Bonchev–Trinajstić information content (AvgIpc) is 3.44. The van der Waals surface area contributed by atoms with Crippen molar-refractivity contribution < 1.29 is 13.6 Å². The van der Waals surface area contributed by atoms with Gasteiger partial charge in [-0.2, -0.15) is 0 Å². The summed E-state index contributed by atoms with van der Waals surface area (Å²) in [4.78, 5) is 22.6. The van der Waals surface area contributed by atoms with Crippen molar-refractivity contribution in [2.75, 3.05) is 26.2 Å². The molecule has 0 aliphatic carbocycles. The molecule has 162 valence electrons. The fourth-order valence-electron chi connectivity index (χ4n) is 4.81. The molecule has 1 atom stereocenters. The highest BCUT2D eigenvalue weighted by atomic mass is 19.1. The lowest BCUT2D eigenvalue weighted by Gasteiger charge is -2.31. The lowest BCUT2D eigenvalue weighted by molar-refractivity contribution is 0.0706. The van der Waals surface area contributed by atoms with Crippen LogP contribution in [-0.2, 0) is 6.42 Å². The molecule has 1 amide bonds. The Bertz CT molecular complexity index is 1100. The summed E-state index contributed by atoms with van der Waals surface area (Å²) in [6, 6.07) is 9.46. The molecular weight excluding hydrogens is 398 g/mol. The number of benzene rings is 2. The predicted molar refractivity (Wildman–Crippen MR) is 115 cm³/mol. The van der Waals surface area contributed by atoms with Crippen molar-refractivity contribution >= 4 is 16.9 Å². The van der Waals surface area contributed by atoms with E-state index in [0.29, 0.717) is 24.5 Å². The molecule has 2 fully saturated rings. The lowest BCUT2D eigenvalue weighted by Crippen LogP contribution is -2.38. The number of imidazole rings is 1. The van der Waals surface area contributed by atoms with Crippen molar-refractivity contribution in [2.24, 2.45) is 5.92 Å². The molecule has 2 aromatic carbocycles. The number of carbonyl (C=O) groups excluding carboxylic acids is 1. The molecule has 0 spiro atoms. The zero-order valence-corrected chi connectivity index (χ0v) is 17.3. The van der Waals surface area contributed by atoms with E-state index in [4.69, 9.17) is 0 Å². The van der Waals surface area contributed by atoms with Crippen molar-refractivity contribution in [1.29, 1.82) is 0 Å². The molecule has 1 unspecified atom stereocenters. The van der Waals surface area contributed by atoms with Crippen molar-refractivity contribution in [3.05, 3.63) is 65.0 Å². The van der Waals surface area contributed by atoms with Crippen molar-refractivity contribution in [3.63, 3.8) is 0 Å². The fraction of sp³-hybridized carbons (Fsp3) is 0.417. The molecular formula is C24H26F2N4O. The molecule has 7 heteroatoms. The fourth-order valence-corrected chi connectivity index (χ4v) is 4.81. The van der Waals surface area contributed by atoms with E-state index in [9.17, 15) is 13.6 Å². The first-order valence-corrected chi connectivity index (χ1v) is 11.0. The summed E-state index contributed by atoms with van der Waals surface area (Å²) in [6.07, 6.45) is 3.46. The second-order valence-corrected chi connectivity index (χ2v) is 8.73. The number of hydrogen-bond acceptors (Lipinski definition) is 3. The van der Waals surface area contributed by atoms with E-state index in [1.54, 1.807) is 23.1 Å². The van der Waals surface area contributed by atoms with Crippen molar-refractivity contribution in [2.45, 2.75) is 31.6 Å². The first kappa shape index (κ1) is 20.1. The number of amides is 1. The second-order valence-electron chi connectivity index (χ2n) is 8.73. The quantitative estimate of drug-likeness (QED) is 0.665. The normalized spacial score (nSPS) is 19.9. The number of likely N-dealkylation sites (tertiary alicyclic amines) is 1. The van der Waals surface area contributed by atoms with Crippen LogP contribution in [0.4, 0.5) is 8.78 Å². The first-order valence-electron chi connectivity index (χ1n) is 11.0. The van der Waals surface area contributed by atoms with Gasteiger partial charge >= 0.3 is 0 Å². The van der Waals surface area contributed by atoms with Crippen molar-refractivity contribution in [3.8, 4) is 0 Å². The van der Waals surface area contributed by atoms with Gasteiger partial charge < -0.3 is 15.2 Å². The molecule has 2 saturated heterocycles. The third-order valence-corrected chi connectivity index (χ3v) is 6.58. The Kier molecular flexibility index (Phi) is 5.44. The lowest BCUT2D eigenvalue weighted by atomic mass is 9.94. The number of carbonyl (C=O) groups is 1. The smallest absolute Gasteiger partial charge is 0.256 e. The van der Waals surface area contributed by atoms with Gasteiger partial charge in [0.15, 0.2) is 0 Å². The van der Waals surface area contributed by atoms with Gasteiger partial charge in [0.2, 0.25) is 0 Å². The Hall–Kier alpha value is -2.80. The maximum atomic E-state index is 14.5. The Morgan fingerprint density at radius 3 is 2.71 bits per heavy atom. The van der Waals surface area contributed by atoms with Crippen molar-refractivity contribution in [1.82, 2.24) is 20.2 Å². The van der Waals surface area contributed by atoms with Gasteiger partial charge in [-0.15, -0.1) is 0 Å². The average molecular weight is 424 g/mol. The minimum absolute atomic E-state index is 0.168. The third-order valence-electron chi connectivity index (χ3n) is 6.58. The summed E-state index contributed by atoms with van der Waals surface area (Å²) >= 11 is 0. The number of halogens is 2. The van der Waals surface area contributed by atoms with Crippen LogP contribution in [0.2, 0.25) is 0 Å². The summed E-state index contributed by atoms with van der Waals surface area (Å²) in [6.45, 7) is 3.09. The number of nitrogens with one attached hydrogen (secondary N) is 2. The highest BCUT2D eigenvalue weighted by Crippen LogP contribution is 2.29. The number of aromatic nitrogens is 2. The number of nitrogens with zero attached hydrogens (tertiary/aromatic N) is 2. The molecule has 0 bridgehead atoms. The van der Waals surface area contributed by atoms with Crippen LogP contribution < -0.4 is 5.32 Å². The largest absolute Gasteiger partial charge is 0.342 e. The van der Waals surface area contributed by atoms with Gasteiger partial charge in [-0.1, -0.05) is 6.07 Å². The van der Waals surface area contributed by atoms with Crippen LogP contribution in [0.5, 0.6) is 0 Å². The van der Waals surface area contributed by atoms with E-state index in [0.717, 1.165) is 55.7 Å². The minimum atomic E-state index is -0.459. The van der Waals surface area contributed by atoms with E-state index in [1.165, 1.54) is 18.2 Å².